The molecule has 0 atom stereocenters. The van der Waals surface area contributed by atoms with Crippen LogP contribution in [0.5, 0.6) is 0 Å². The minimum atomic E-state index is 0.880. The number of rotatable bonds is 4. The van der Waals surface area contributed by atoms with E-state index in [1.54, 1.807) is 0 Å². The number of hydrogen-bond donors (Lipinski definition) is 0. The predicted molar refractivity (Wildman–Crippen MR) is 204 cm³/mol. The van der Waals surface area contributed by atoms with Gasteiger partial charge >= 0.3 is 0 Å². The molecule has 2 nitrogen and oxygen atoms in total. The second kappa shape index (κ2) is 10.6. The standard InChI is InChI=1S/C46H29NO/c1-2-13-30(14-3-1)32-16-12-17-34(27-32)47(42-29-44-46(39-22-9-7-20-37(39)42)40-23-10-11-24-43(40)48-44)41-28-33-26-25-31-15-4-5-18-35(31)45(33)38-21-8-6-19-36(38)41/h1-29H. The van der Waals surface area contributed by atoms with Crippen molar-refractivity contribution in [1.29, 1.82) is 0 Å². The van der Waals surface area contributed by atoms with Crippen LogP contribution in [0.4, 0.5) is 17.1 Å². The molecule has 48 heavy (non-hydrogen) atoms. The summed E-state index contributed by atoms with van der Waals surface area (Å²) < 4.78 is 6.60. The third-order valence-corrected chi connectivity index (χ3v) is 9.78. The van der Waals surface area contributed by atoms with Gasteiger partial charge in [-0.25, -0.2) is 0 Å². The molecular formula is C46H29NO. The highest BCUT2D eigenvalue weighted by Gasteiger charge is 2.23. The molecule has 0 saturated carbocycles. The van der Waals surface area contributed by atoms with Crippen LogP contribution in [-0.4, -0.2) is 0 Å². The molecule has 9 aromatic carbocycles. The van der Waals surface area contributed by atoms with E-state index in [9.17, 15) is 0 Å². The molecule has 0 N–H and O–H groups in total. The Morgan fingerprint density at radius 3 is 1.71 bits per heavy atom. The molecule has 224 valence electrons. The molecule has 0 aliphatic carbocycles. The Labute approximate surface area is 277 Å². The number of hydrogen-bond acceptors (Lipinski definition) is 2. The van der Waals surface area contributed by atoms with Crippen LogP contribution in [0.2, 0.25) is 0 Å². The van der Waals surface area contributed by atoms with E-state index < -0.39 is 0 Å². The number of benzene rings is 9. The van der Waals surface area contributed by atoms with Crippen LogP contribution in [0.1, 0.15) is 0 Å². The Balaban J connectivity index is 1.35. The fraction of sp³-hybridized carbons (Fsp3) is 0. The first kappa shape index (κ1) is 26.8. The molecule has 0 amide bonds. The van der Waals surface area contributed by atoms with Crippen molar-refractivity contribution < 1.29 is 4.42 Å². The Morgan fingerprint density at radius 2 is 0.917 bits per heavy atom. The number of para-hydroxylation sites is 1. The molecule has 10 aromatic rings. The summed E-state index contributed by atoms with van der Waals surface area (Å²) in [4.78, 5) is 2.44. The van der Waals surface area contributed by atoms with Gasteiger partial charge in [0.2, 0.25) is 0 Å². The van der Waals surface area contributed by atoms with Crippen LogP contribution >= 0.6 is 0 Å². The normalized spacial score (nSPS) is 11.8. The zero-order valence-corrected chi connectivity index (χ0v) is 26.1. The quantitative estimate of drug-likeness (QED) is 0.184. The van der Waals surface area contributed by atoms with Crippen molar-refractivity contribution >= 4 is 82.1 Å². The second-order valence-electron chi connectivity index (χ2n) is 12.5. The predicted octanol–water partition coefficient (Wildman–Crippen LogP) is 13.3. The maximum atomic E-state index is 6.60. The Morgan fingerprint density at radius 1 is 0.333 bits per heavy atom. The summed E-state index contributed by atoms with van der Waals surface area (Å²) in [6.45, 7) is 0. The molecule has 0 bridgehead atoms. The largest absolute Gasteiger partial charge is 0.456 e. The van der Waals surface area contributed by atoms with Crippen molar-refractivity contribution in [3.63, 3.8) is 0 Å². The Kier molecular flexibility index (Phi) is 5.91. The van der Waals surface area contributed by atoms with Crippen LogP contribution < -0.4 is 4.90 Å². The van der Waals surface area contributed by atoms with E-state index >= 15 is 0 Å². The first-order chi connectivity index (χ1) is 23.8. The molecule has 1 aromatic heterocycles. The summed E-state index contributed by atoms with van der Waals surface area (Å²) >= 11 is 0. The third-order valence-electron chi connectivity index (χ3n) is 9.78. The zero-order chi connectivity index (χ0) is 31.6. The number of anilines is 3. The van der Waals surface area contributed by atoms with E-state index in [0.29, 0.717) is 0 Å². The first-order valence-electron chi connectivity index (χ1n) is 16.4. The molecule has 0 spiro atoms. The summed E-state index contributed by atoms with van der Waals surface area (Å²) in [7, 11) is 0. The summed E-state index contributed by atoms with van der Waals surface area (Å²) in [5, 5.41) is 12.1. The smallest absolute Gasteiger partial charge is 0.138 e. The van der Waals surface area contributed by atoms with Gasteiger partial charge in [0.05, 0.1) is 11.4 Å². The second-order valence-corrected chi connectivity index (χ2v) is 12.5. The SMILES string of the molecule is c1ccc(-c2cccc(N(c3cc4ccc5ccccc5c4c4ccccc34)c3cc4oc5ccccc5c4c4ccccc34)c2)cc1. The summed E-state index contributed by atoms with van der Waals surface area (Å²) in [5.74, 6) is 0. The molecule has 0 aliphatic rings. The fourth-order valence-corrected chi connectivity index (χ4v) is 7.66. The molecule has 2 heteroatoms. The van der Waals surface area contributed by atoms with Crippen molar-refractivity contribution in [2.24, 2.45) is 0 Å². The van der Waals surface area contributed by atoms with Crippen LogP contribution in [0.25, 0.3) is 76.2 Å². The highest BCUT2D eigenvalue weighted by Crippen LogP contribution is 2.48. The van der Waals surface area contributed by atoms with E-state index in [4.69, 9.17) is 4.42 Å². The maximum Gasteiger partial charge on any atom is 0.138 e. The van der Waals surface area contributed by atoms with Crippen molar-refractivity contribution in [3.05, 3.63) is 176 Å². The molecule has 0 unspecified atom stereocenters. The van der Waals surface area contributed by atoms with Crippen LogP contribution in [0.15, 0.2) is 180 Å². The van der Waals surface area contributed by atoms with Gasteiger partial charge in [-0.3, -0.25) is 0 Å². The highest BCUT2D eigenvalue weighted by atomic mass is 16.3. The molecular weight excluding hydrogens is 583 g/mol. The van der Waals surface area contributed by atoms with Gasteiger partial charge in [-0.1, -0.05) is 146 Å². The molecule has 0 saturated heterocycles. The zero-order valence-electron chi connectivity index (χ0n) is 26.1. The minimum absolute atomic E-state index is 0.880. The number of furan rings is 1. The van der Waals surface area contributed by atoms with Crippen molar-refractivity contribution in [1.82, 2.24) is 0 Å². The van der Waals surface area contributed by atoms with Crippen LogP contribution in [0.3, 0.4) is 0 Å². The summed E-state index contributed by atoms with van der Waals surface area (Å²) in [6, 6.07) is 63.3. The van der Waals surface area contributed by atoms with E-state index in [0.717, 1.165) is 39.0 Å². The summed E-state index contributed by atoms with van der Waals surface area (Å²) in [5.41, 5.74) is 7.42. The van der Waals surface area contributed by atoms with E-state index in [1.807, 2.05) is 6.07 Å². The Bertz CT molecular complexity index is 2850. The number of nitrogens with zero attached hydrogens (tertiary/aromatic N) is 1. The lowest BCUT2D eigenvalue weighted by atomic mass is 9.94. The topological polar surface area (TPSA) is 16.4 Å². The maximum absolute atomic E-state index is 6.60. The van der Waals surface area contributed by atoms with Crippen molar-refractivity contribution in [3.8, 4) is 11.1 Å². The van der Waals surface area contributed by atoms with Gasteiger partial charge in [0, 0.05) is 33.3 Å². The van der Waals surface area contributed by atoms with Gasteiger partial charge in [0.25, 0.3) is 0 Å². The van der Waals surface area contributed by atoms with E-state index in [2.05, 4.69) is 175 Å². The molecule has 0 fully saturated rings. The number of fused-ring (bicyclic) bond motifs is 10. The average Bonchev–Trinajstić information content (AvgIpc) is 3.54. The molecule has 0 aliphatic heterocycles. The lowest BCUT2D eigenvalue weighted by Gasteiger charge is -2.29. The molecule has 0 radical (unpaired) electrons. The lowest BCUT2D eigenvalue weighted by molar-refractivity contribution is 0.669. The van der Waals surface area contributed by atoms with Gasteiger partial charge in [0.1, 0.15) is 11.2 Å². The van der Waals surface area contributed by atoms with Gasteiger partial charge in [-0.05, 0) is 67.7 Å². The van der Waals surface area contributed by atoms with Gasteiger partial charge in [0.15, 0.2) is 0 Å². The minimum Gasteiger partial charge on any atom is -0.456 e. The Hall–Kier alpha value is -6.38. The van der Waals surface area contributed by atoms with Gasteiger partial charge in [-0.15, -0.1) is 0 Å². The van der Waals surface area contributed by atoms with Gasteiger partial charge < -0.3 is 9.32 Å². The molecule has 1 heterocycles. The average molecular weight is 612 g/mol. The van der Waals surface area contributed by atoms with Crippen molar-refractivity contribution in [2.45, 2.75) is 0 Å². The fourth-order valence-electron chi connectivity index (χ4n) is 7.66. The summed E-state index contributed by atoms with van der Waals surface area (Å²) in [6.07, 6.45) is 0. The van der Waals surface area contributed by atoms with Gasteiger partial charge in [-0.2, -0.15) is 0 Å². The van der Waals surface area contributed by atoms with E-state index in [-0.39, 0.29) is 0 Å². The third kappa shape index (κ3) is 4.06. The highest BCUT2D eigenvalue weighted by molar-refractivity contribution is 6.26. The van der Waals surface area contributed by atoms with Crippen molar-refractivity contribution in [2.75, 3.05) is 4.90 Å². The lowest BCUT2D eigenvalue weighted by Crippen LogP contribution is -2.11. The van der Waals surface area contributed by atoms with E-state index in [1.165, 1.54) is 54.2 Å². The molecule has 10 rings (SSSR count). The first-order valence-corrected chi connectivity index (χ1v) is 16.4. The van der Waals surface area contributed by atoms with Crippen LogP contribution in [-0.2, 0) is 0 Å². The monoisotopic (exact) mass is 611 g/mol. The van der Waals surface area contributed by atoms with Crippen LogP contribution in [0, 0.1) is 0 Å².